The summed E-state index contributed by atoms with van der Waals surface area (Å²) in [5, 5.41) is 0. The fourth-order valence-corrected chi connectivity index (χ4v) is 3.43. The van der Waals surface area contributed by atoms with Gasteiger partial charge in [0, 0.05) is 25.7 Å². The molecule has 0 aliphatic carbocycles. The van der Waals surface area contributed by atoms with Gasteiger partial charge in [-0.2, -0.15) is 0 Å². The van der Waals surface area contributed by atoms with Crippen molar-refractivity contribution < 1.29 is 0 Å². The molecular formula is C19H34N2. The molecule has 0 aliphatic heterocycles. The summed E-state index contributed by atoms with van der Waals surface area (Å²) in [6, 6.07) is 4.90. The first kappa shape index (κ1) is 18.2. The molecule has 0 bridgehead atoms. The summed E-state index contributed by atoms with van der Waals surface area (Å²) >= 11 is 0. The van der Waals surface area contributed by atoms with Crippen LogP contribution >= 0.6 is 0 Å². The fraction of sp³-hybridized carbons (Fsp3) is 0.684. The van der Waals surface area contributed by atoms with E-state index < -0.39 is 0 Å². The summed E-state index contributed by atoms with van der Waals surface area (Å²) in [7, 11) is 0. The average Bonchev–Trinajstić information content (AvgIpc) is 2.31. The van der Waals surface area contributed by atoms with Crippen LogP contribution < -0.4 is 5.73 Å². The maximum absolute atomic E-state index is 6.19. The number of benzene rings is 1. The molecule has 1 atom stereocenters. The van der Waals surface area contributed by atoms with E-state index in [-0.39, 0.29) is 0 Å². The summed E-state index contributed by atoms with van der Waals surface area (Å²) in [4.78, 5) is 2.58. The molecule has 2 heteroatoms. The second kappa shape index (κ2) is 7.95. The number of nitrogens with two attached hydrogens (primary N) is 1. The summed E-state index contributed by atoms with van der Waals surface area (Å²) in [5.41, 5.74) is 11.7. The number of hydrogen-bond acceptors (Lipinski definition) is 2. The van der Waals surface area contributed by atoms with E-state index in [0.29, 0.717) is 24.4 Å². The van der Waals surface area contributed by atoms with Crippen LogP contribution in [0.2, 0.25) is 0 Å². The molecule has 0 heterocycles. The van der Waals surface area contributed by atoms with Crippen LogP contribution in [0.5, 0.6) is 0 Å². The van der Waals surface area contributed by atoms with Crippen molar-refractivity contribution >= 4 is 0 Å². The zero-order chi connectivity index (χ0) is 16.2. The van der Waals surface area contributed by atoms with E-state index in [1.54, 1.807) is 0 Å². The third-order valence-corrected chi connectivity index (χ3v) is 3.93. The van der Waals surface area contributed by atoms with Crippen molar-refractivity contribution in [2.24, 2.45) is 17.6 Å². The first-order valence-electron chi connectivity index (χ1n) is 8.28. The van der Waals surface area contributed by atoms with Gasteiger partial charge in [0.25, 0.3) is 0 Å². The number of aryl methyl sites for hydroxylation is 3. The summed E-state index contributed by atoms with van der Waals surface area (Å²) < 4.78 is 0. The van der Waals surface area contributed by atoms with Crippen molar-refractivity contribution in [1.82, 2.24) is 4.90 Å². The molecule has 1 rings (SSSR count). The highest BCUT2D eigenvalue weighted by atomic mass is 15.2. The molecule has 1 unspecified atom stereocenters. The first-order chi connectivity index (χ1) is 9.76. The van der Waals surface area contributed by atoms with Crippen LogP contribution in [0, 0.1) is 32.6 Å². The predicted octanol–water partition coefficient (Wildman–Crippen LogP) is 4.23. The molecule has 0 spiro atoms. The summed E-state index contributed by atoms with van der Waals surface area (Å²) in [6.45, 7) is 18.7. The largest absolute Gasteiger partial charge is 0.329 e. The second-order valence-corrected chi connectivity index (χ2v) is 7.31. The molecule has 0 fully saturated rings. The van der Waals surface area contributed by atoms with E-state index in [4.69, 9.17) is 5.73 Å². The topological polar surface area (TPSA) is 29.3 Å². The van der Waals surface area contributed by atoms with Crippen LogP contribution in [0.1, 0.15) is 56.0 Å². The molecule has 2 N–H and O–H groups in total. The Balaban J connectivity index is 3.18. The van der Waals surface area contributed by atoms with Gasteiger partial charge in [-0.1, -0.05) is 45.4 Å². The van der Waals surface area contributed by atoms with E-state index in [2.05, 4.69) is 65.5 Å². The molecule has 0 aromatic heterocycles. The third kappa shape index (κ3) is 5.12. The van der Waals surface area contributed by atoms with Crippen LogP contribution in [-0.4, -0.2) is 24.5 Å². The minimum Gasteiger partial charge on any atom is -0.329 e. The Morgan fingerprint density at radius 2 is 1.33 bits per heavy atom. The molecule has 21 heavy (non-hydrogen) atoms. The van der Waals surface area contributed by atoms with Gasteiger partial charge in [-0.05, 0) is 49.3 Å². The molecule has 0 amide bonds. The molecule has 0 saturated carbocycles. The highest BCUT2D eigenvalue weighted by molar-refractivity contribution is 5.40. The highest BCUT2D eigenvalue weighted by Gasteiger charge is 2.23. The molecular weight excluding hydrogens is 256 g/mol. The zero-order valence-electron chi connectivity index (χ0n) is 15.0. The van der Waals surface area contributed by atoms with Crippen LogP contribution in [0.4, 0.5) is 0 Å². The van der Waals surface area contributed by atoms with Crippen molar-refractivity contribution in [3.63, 3.8) is 0 Å². The SMILES string of the molecule is Cc1cc(C)c(C(CN)N(CC(C)C)CC(C)C)c(C)c1. The lowest BCUT2D eigenvalue weighted by Gasteiger charge is -2.35. The Labute approximate surface area is 131 Å². The molecule has 120 valence electrons. The molecule has 2 nitrogen and oxygen atoms in total. The van der Waals surface area contributed by atoms with E-state index in [9.17, 15) is 0 Å². The van der Waals surface area contributed by atoms with E-state index in [0.717, 1.165) is 13.1 Å². The molecule has 0 saturated heterocycles. The standard InChI is InChI=1S/C19H34N2/c1-13(2)11-21(12-14(3)4)18(10-20)19-16(6)8-15(5)9-17(19)7/h8-9,13-14,18H,10-12,20H2,1-7H3. The smallest absolute Gasteiger partial charge is 0.0475 e. The van der Waals surface area contributed by atoms with Gasteiger partial charge in [0.1, 0.15) is 0 Å². The maximum atomic E-state index is 6.19. The quantitative estimate of drug-likeness (QED) is 0.814. The Morgan fingerprint density at radius 1 is 0.905 bits per heavy atom. The van der Waals surface area contributed by atoms with Crippen molar-refractivity contribution in [1.29, 1.82) is 0 Å². The lowest BCUT2D eigenvalue weighted by molar-refractivity contribution is 0.159. The minimum absolute atomic E-state index is 0.329. The lowest BCUT2D eigenvalue weighted by atomic mass is 9.92. The van der Waals surface area contributed by atoms with Gasteiger partial charge in [-0.25, -0.2) is 0 Å². The second-order valence-electron chi connectivity index (χ2n) is 7.31. The van der Waals surface area contributed by atoms with Gasteiger partial charge in [0.05, 0.1) is 0 Å². The predicted molar refractivity (Wildman–Crippen MR) is 93.7 cm³/mol. The van der Waals surface area contributed by atoms with Gasteiger partial charge in [-0.3, -0.25) is 4.90 Å². The van der Waals surface area contributed by atoms with E-state index in [1.165, 1.54) is 22.3 Å². The average molecular weight is 290 g/mol. The van der Waals surface area contributed by atoms with E-state index in [1.807, 2.05) is 0 Å². The van der Waals surface area contributed by atoms with Crippen molar-refractivity contribution in [2.75, 3.05) is 19.6 Å². The van der Waals surface area contributed by atoms with Gasteiger partial charge in [0.2, 0.25) is 0 Å². The summed E-state index contributed by atoms with van der Waals surface area (Å²) in [5.74, 6) is 1.31. The lowest BCUT2D eigenvalue weighted by Crippen LogP contribution is -2.39. The van der Waals surface area contributed by atoms with Gasteiger partial charge >= 0.3 is 0 Å². The summed E-state index contributed by atoms with van der Waals surface area (Å²) in [6.07, 6.45) is 0. The van der Waals surface area contributed by atoms with Crippen molar-refractivity contribution in [3.8, 4) is 0 Å². The van der Waals surface area contributed by atoms with E-state index >= 15 is 0 Å². The van der Waals surface area contributed by atoms with Crippen LogP contribution in [-0.2, 0) is 0 Å². The van der Waals surface area contributed by atoms with Gasteiger partial charge in [0.15, 0.2) is 0 Å². The maximum Gasteiger partial charge on any atom is 0.0475 e. The van der Waals surface area contributed by atoms with Crippen LogP contribution in [0.25, 0.3) is 0 Å². The van der Waals surface area contributed by atoms with Crippen molar-refractivity contribution in [3.05, 3.63) is 34.4 Å². The number of rotatable bonds is 7. The van der Waals surface area contributed by atoms with Crippen molar-refractivity contribution in [2.45, 2.75) is 54.5 Å². The normalized spacial score (nSPS) is 13.5. The van der Waals surface area contributed by atoms with Gasteiger partial charge in [-0.15, -0.1) is 0 Å². The first-order valence-corrected chi connectivity index (χ1v) is 8.28. The monoisotopic (exact) mass is 290 g/mol. The molecule has 1 aromatic rings. The molecule has 0 radical (unpaired) electrons. The van der Waals surface area contributed by atoms with Crippen LogP contribution in [0.15, 0.2) is 12.1 Å². The van der Waals surface area contributed by atoms with Crippen LogP contribution in [0.3, 0.4) is 0 Å². The fourth-order valence-electron chi connectivity index (χ4n) is 3.43. The number of nitrogens with zero attached hydrogens (tertiary/aromatic N) is 1. The number of hydrogen-bond donors (Lipinski definition) is 1. The molecule has 1 aromatic carbocycles. The highest BCUT2D eigenvalue weighted by Crippen LogP contribution is 2.29. The molecule has 0 aliphatic rings. The van der Waals surface area contributed by atoms with Gasteiger partial charge < -0.3 is 5.73 Å². The Kier molecular flexibility index (Phi) is 6.89. The Hall–Kier alpha value is -0.860. The Bertz CT molecular complexity index is 416. The Morgan fingerprint density at radius 3 is 1.67 bits per heavy atom. The third-order valence-electron chi connectivity index (χ3n) is 3.93. The minimum atomic E-state index is 0.329. The zero-order valence-corrected chi connectivity index (χ0v) is 15.0.